The van der Waals surface area contributed by atoms with E-state index in [2.05, 4.69) is 18.3 Å². The van der Waals surface area contributed by atoms with Crippen molar-refractivity contribution in [3.05, 3.63) is 29.3 Å². The summed E-state index contributed by atoms with van der Waals surface area (Å²) in [7, 11) is 0. The van der Waals surface area contributed by atoms with Gasteiger partial charge < -0.3 is 15.8 Å². The molecule has 1 aromatic rings. The van der Waals surface area contributed by atoms with Crippen molar-refractivity contribution in [2.45, 2.75) is 45.1 Å². The molecule has 2 rings (SSSR count). The average molecular weight is 292 g/mol. The van der Waals surface area contributed by atoms with Gasteiger partial charge in [-0.3, -0.25) is 0 Å². The molecule has 4 heteroatoms. The van der Waals surface area contributed by atoms with E-state index in [0.717, 1.165) is 30.0 Å². The Morgan fingerprint density at radius 3 is 2.80 bits per heavy atom. The molecule has 1 aliphatic carbocycles. The van der Waals surface area contributed by atoms with Crippen molar-refractivity contribution >= 4 is 22.9 Å². The summed E-state index contributed by atoms with van der Waals surface area (Å²) in [5.41, 5.74) is 8.87. The maximum atomic E-state index is 5.92. The van der Waals surface area contributed by atoms with Gasteiger partial charge in [-0.15, -0.1) is 0 Å². The standard InChI is InChI=1S/C16H24N2OS/c1-12-6-5-9-14(16(17)20)15(12)18-10-11-19-13-7-3-2-4-8-13/h5-6,9,13,18H,2-4,7-8,10-11H2,1H3,(H2,17,20). The van der Waals surface area contributed by atoms with E-state index in [1.54, 1.807) is 0 Å². The van der Waals surface area contributed by atoms with Crippen LogP contribution in [-0.4, -0.2) is 24.2 Å². The smallest absolute Gasteiger partial charge is 0.106 e. The highest BCUT2D eigenvalue weighted by atomic mass is 32.1. The van der Waals surface area contributed by atoms with Crippen LogP contribution in [0.1, 0.15) is 43.2 Å². The normalized spacial score (nSPS) is 16.1. The third-order valence-electron chi connectivity index (χ3n) is 3.85. The predicted octanol–water partition coefficient (Wildman–Crippen LogP) is 3.39. The zero-order valence-electron chi connectivity index (χ0n) is 12.2. The summed E-state index contributed by atoms with van der Waals surface area (Å²) in [5.74, 6) is 0. The number of hydrogen-bond donors (Lipinski definition) is 2. The molecule has 0 heterocycles. The van der Waals surface area contributed by atoms with Crippen molar-refractivity contribution in [3.8, 4) is 0 Å². The summed E-state index contributed by atoms with van der Waals surface area (Å²) >= 11 is 5.10. The van der Waals surface area contributed by atoms with E-state index in [9.17, 15) is 0 Å². The van der Waals surface area contributed by atoms with Crippen LogP contribution in [0.5, 0.6) is 0 Å². The zero-order chi connectivity index (χ0) is 14.4. The Balaban J connectivity index is 1.83. The summed E-state index contributed by atoms with van der Waals surface area (Å²) in [6, 6.07) is 6.00. The number of ether oxygens (including phenoxy) is 1. The Labute approximate surface area is 126 Å². The number of thiocarbonyl (C=S) groups is 1. The molecule has 0 saturated heterocycles. The molecule has 0 bridgehead atoms. The third-order valence-corrected chi connectivity index (χ3v) is 4.07. The maximum absolute atomic E-state index is 5.92. The predicted molar refractivity (Wildman–Crippen MR) is 88.4 cm³/mol. The molecule has 1 aromatic carbocycles. The number of benzene rings is 1. The monoisotopic (exact) mass is 292 g/mol. The second-order valence-corrected chi connectivity index (χ2v) is 5.86. The fraction of sp³-hybridized carbons (Fsp3) is 0.562. The third kappa shape index (κ3) is 4.18. The second kappa shape index (κ2) is 7.60. The largest absolute Gasteiger partial charge is 0.389 e. The molecule has 0 aliphatic heterocycles. The van der Waals surface area contributed by atoms with Gasteiger partial charge in [0.25, 0.3) is 0 Å². The van der Waals surface area contributed by atoms with Crippen molar-refractivity contribution in [1.29, 1.82) is 0 Å². The Bertz CT molecular complexity index is 456. The fourth-order valence-electron chi connectivity index (χ4n) is 2.74. The van der Waals surface area contributed by atoms with Gasteiger partial charge in [0.05, 0.1) is 12.7 Å². The molecule has 1 aliphatic rings. The topological polar surface area (TPSA) is 47.3 Å². The van der Waals surface area contributed by atoms with Crippen LogP contribution in [-0.2, 0) is 4.74 Å². The van der Waals surface area contributed by atoms with Crippen LogP contribution in [0.2, 0.25) is 0 Å². The van der Waals surface area contributed by atoms with Gasteiger partial charge in [-0.1, -0.05) is 43.6 Å². The van der Waals surface area contributed by atoms with Gasteiger partial charge in [-0.25, -0.2) is 0 Å². The first-order chi connectivity index (χ1) is 9.68. The molecular weight excluding hydrogens is 268 g/mol. The maximum Gasteiger partial charge on any atom is 0.106 e. The number of nitrogens with two attached hydrogens (primary N) is 1. The van der Waals surface area contributed by atoms with Crippen LogP contribution in [0, 0.1) is 6.92 Å². The minimum Gasteiger partial charge on any atom is -0.389 e. The van der Waals surface area contributed by atoms with Crippen molar-refractivity contribution in [1.82, 2.24) is 0 Å². The summed E-state index contributed by atoms with van der Waals surface area (Å²) in [4.78, 5) is 0.435. The molecule has 1 saturated carbocycles. The molecule has 0 atom stereocenters. The van der Waals surface area contributed by atoms with Crippen LogP contribution in [0.4, 0.5) is 5.69 Å². The van der Waals surface area contributed by atoms with Gasteiger partial charge in [0.2, 0.25) is 0 Å². The van der Waals surface area contributed by atoms with Crippen molar-refractivity contribution in [3.63, 3.8) is 0 Å². The average Bonchev–Trinajstić information content (AvgIpc) is 2.45. The number of aryl methyl sites for hydroxylation is 1. The Morgan fingerprint density at radius 2 is 2.10 bits per heavy atom. The zero-order valence-corrected chi connectivity index (χ0v) is 13.0. The molecule has 3 nitrogen and oxygen atoms in total. The summed E-state index contributed by atoms with van der Waals surface area (Å²) in [5, 5.41) is 3.41. The first kappa shape index (κ1) is 15.3. The van der Waals surface area contributed by atoms with E-state index in [1.165, 1.54) is 32.1 Å². The quantitative estimate of drug-likeness (QED) is 0.623. The van der Waals surface area contributed by atoms with Crippen LogP contribution >= 0.6 is 12.2 Å². The van der Waals surface area contributed by atoms with Crippen molar-refractivity contribution in [2.24, 2.45) is 5.73 Å². The minimum absolute atomic E-state index is 0.435. The number of nitrogens with one attached hydrogen (secondary N) is 1. The van der Waals surface area contributed by atoms with Gasteiger partial charge in [-0.05, 0) is 31.4 Å². The lowest BCUT2D eigenvalue weighted by atomic mass is 9.98. The number of hydrogen-bond acceptors (Lipinski definition) is 3. The molecule has 1 fully saturated rings. The Kier molecular flexibility index (Phi) is 5.80. The van der Waals surface area contributed by atoms with E-state index >= 15 is 0 Å². The molecule has 0 amide bonds. The van der Waals surface area contributed by atoms with Crippen molar-refractivity contribution in [2.75, 3.05) is 18.5 Å². The first-order valence-corrected chi connectivity index (χ1v) is 7.84. The summed E-state index contributed by atoms with van der Waals surface area (Å²) in [6.07, 6.45) is 6.85. The lowest BCUT2D eigenvalue weighted by molar-refractivity contribution is 0.0347. The summed E-state index contributed by atoms with van der Waals surface area (Å²) in [6.45, 7) is 3.58. The van der Waals surface area contributed by atoms with E-state index in [1.807, 2.05) is 12.1 Å². The molecule has 3 N–H and O–H groups in total. The van der Waals surface area contributed by atoms with Crippen LogP contribution < -0.4 is 11.1 Å². The molecule has 110 valence electrons. The molecule has 20 heavy (non-hydrogen) atoms. The number of rotatable bonds is 6. The van der Waals surface area contributed by atoms with Gasteiger partial charge in [0.1, 0.15) is 4.99 Å². The van der Waals surface area contributed by atoms with E-state index in [0.29, 0.717) is 11.1 Å². The fourth-order valence-corrected chi connectivity index (χ4v) is 2.91. The van der Waals surface area contributed by atoms with Gasteiger partial charge >= 0.3 is 0 Å². The summed E-state index contributed by atoms with van der Waals surface area (Å²) < 4.78 is 5.92. The van der Waals surface area contributed by atoms with E-state index in [-0.39, 0.29) is 0 Å². The highest BCUT2D eigenvalue weighted by Crippen LogP contribution is 2.21. The Hall–Kier alpha value is -1.13. The highest BCUT2D eigenvalue weighted by molar-refractivity contribution is 7.80. The molecule has 0 spiro atoms. The van der Waals surface area contributed by atoms with E-state index in [4.69, 9.17) is 22.7 Å². The molecule has 0 unspecified atom stereocenters. The van der Waals surface area contributed by atoms with Crippen LogP contribution in [0.3, 0.4) is 0 Å². The number of anilines is 1. The van der Waals surface area contributed by atoms with Gasteiger partial charge in [0.15, 0.2) is 0 Å². The van der Waals surface area contributed by atoms with Crippen LogP contribution in [0.15, 0.2) is 18.2 Å². The lowest BCUT2D eigenvalue weighted by Crippen LogP contribution is -2.21. The van der Waals surface area contributed by atoms with E-state index < -0.39 is 0 Å². The van der Waals surface area contributed by atoms with Gasteiger partial charge in [0, 0.05) is 17.8 Å². The van der Waals surface area contributed by atoms with Crippen LogP contribution in [0.25, 0.3) is 0 Å². The Morgan fingerprint density at radius 1 is 1.35 bits per heavy atom. The van der Waals surface area contributed by atoms with Crippen molar-refractivity contribution < 1.29 is 4.74 Å². The molecular formula is C16H24N2OS. The van der Waals surface area contributed by atoms with Gasteiger partial charge in [-0.2, -0.15) is 0 Å². The first-order valence-electron chi connectivity index (χ1n) is 7.43. The SMILES string of the molecule is Cc1cccc(C(N)=S)c1NCCOC1CCCCC1. The molecule has 0 radical (unpaired) electrons. The highest BCUT2D eigenvalue weighted by Gasteiger charge is 2.13. The molecule has 0 aromatic heterocycles. The second-order valence-electron chi connectivity index (χ2n) is 5.42. The minimum atomic E-state index is 0.435. The number of para-hydroxylation sites is 1. The lowest BCUT2D eigenvalue weighted by Gasteiger charge is -2.22.